The summed E-state index contributed by atoms with van der Waals surface area (Å²) >= 11 is 0. The lowest BCUT2D eigenvalue weighted by Gasteiger charge is -2.35. The summed E-state index contributed by atoms with van der Waals surface area (Å²) in [6.45, 7) is 3.09. The minimum absolute atomic E-state index is 0.132. The van der Waals surface area contributed by atoms with Gasteiger partial charge in [0.1, 0.15) is 0 Å². The van der Waals surface area contributed by atoms with Crippen molar-refractivity contribution in [1.82, 2.24) is 4.90 Å². The lowest BCUT2D eigenvalue weighted by Crippen LogP contribution is -2.35. The maximum absolute atomic E-state index is 9.69. The molecule has 2 atom stereocenters. The smallest absolute Gasteiger partial charge is 0.0570 e. The third kappa shape index (κ3) is 2.39. The Morgan fingerprint density at radius 1 is 1.27 bits per heavy atom. The average molecular weight is 205 g/mol. The molecule has 2 nitrogen and oxygen atoms in total. The molecule has 0 bridgehead atoms. The third-order valence-corrected chi connectivity index (χ3v) is 3.30. The van der Waals surface area contributed by atoms with Crippen LogP contribution < -0.4 is 0 Å². The van der Waals surface area contributed by atoms with Crippen molar-refractivity contribution < 1.29 is 5.11 Å². The molecular weight excluding hydrogens is 186 g/mol. The molecule has 1 aromatic rings. The van der Waals surface area contributed by atoms with Gasteiger partial charge in [0.25, 0.3) is 0 Å². The Morgan fingerprint density at radius 3 is 2.60 bits per heavy atom. The molecule has 0 saturated carbocycles. The van der Waals surface area contributed by atoms with Crippen LogP contribution in [0.5, 0.6) is 0 Å². The summed E-state index contributed by atoms with van der Waals surface area (Å²) in [5, 5.41) is 9.69. The van der Waals surface area contributed by atoms with Gasteiger partial charge in [-0.3, -0.25) is 4.90 Å². The fraction of sp³-hybridized carbons (Fsp3) is 0.538. The maximum Gasteiger partial charge on any atom is 0.0570 e. The van der Waals surface area contributed by atoms with E-state index in [2.05, 4.69) is 43.1 Å². The molecule has 2 heteroatoms. The van der Waals surface area contributed by atoms with E-state index < -0.39 is 0 Å². The van der Waals surface area contributed by atoms with Crippen LogP contribution in [0.25, 0.3) is 0 Å². The van der Waals surface area contributed by atoms with Crippen LogP contribution in [0.3, 0.4) is 0 Å². The Bertz CT molecular complexity index is 320. The molecule has 82 valence electrons. The van der Waals surface area contributed by atoms with Gasteiger partial charge < -0.3 is 5.11 Å². The number of aliphatic hydroxyl groups excluding tert-OH is 1. The van der Waals surface area contributed by atoms with Gasteiger partial charge in [-0.1, -0.05) is 29.8 Å². The predicted molar refractivity (Wildman–Crippen MR) is 61.8 cm³/mol. The molecule has 1 aliphatic rings. The molecule has 1 heterocycles. The van der Waals surface area contributed by atoms with Gasteiger partial charge in [0.15, 0.2) is 0 Å². The van der Waals surface area contributed by atoms with Gasteiger partial charge in [0.2, 0.25) is 0 Å². The topological polar surface area (TPSA) is 23.5 Å². The van der Waals surface area contributed by atoms with E-state index in [9.17, 15) is 5.11 Å². The van der Waals surface area contributed by atoms with Crippen LogP contribution in [0.4, 0.5) is 0 Å². The molecule has 1 fully saturated rings. The molecule has 15 heavy (non-hydrogen) atoms. The summed E-state index contributed by atoms with van der Waals surface area (Å²) in [5.74, 6) is 0. The van der Waals surface area contributed by atoms with Gasteiger partial charge in [-0.05, 0) is 32.4 Å². The Kier molecular flexibility index (Phi) is 3.08. The second-order valence-corrected chi connectivity index (χ2v) is 4.59. The summed E-state index contributed by atoms with van der Waals surface area (Å²) in [6, 6.07) is 9.02. The average Bonchev–Trinajstić information content (AvgIpc) is 2.23. The zero-order chi connectivity index (χ0) is 10.8. The molecule has 0 amide bonds. The first-order chi connectivity index (χ1) is 7.16. The van der Waals surface area contributed by atoms with Crippen LogP contribution in [-0.4, -0.2) is 29.7 Å². The number of piperidine rings is 1. The summed E-state index contributed by atoms with van der Waals surface area (Å²) in [4.78, 5) is 2.33. The van der Waals surface area contributed by atoms with Crippen molar-refractivity contribution in [3.05, 3.63) is 35.4 Å². The number of benzene rings is 1. The SMILES string of the molecule is Cc1ccc(C2CC(O)CCN2C)cc1. The Labute approximate surface area is 91.5 Å². The molecule has 1 saturated heterocycles. The van der Waals surface area contributed by atoms with Crippen LogP contribution >= 0.6 is 0 Å². The number of hydrogen-bond donors (Lipinski definition) is 1. The van der Waals surface area contributed by atoms with Gasteiger partial charge in [-0.15, -0.1) is 0 Å². The van der Waals surface area contributed by atoms with Crippen LogP contribution in [0.15, 0.2) is 24.3 Å². The zero-order valence-electron chi connectivity index (χ0n) is 9.48. The van der Waals surface area contributed by atoms with Gasteiger partial charge in [-0.25, -0.2) is 0 Å². The number of hydrogen-bond acceptors (Lipinski definition) is 2. The standard InChI is InChI=1S/C13H19NO/c1-10-3-5-11(6-4-10)13-9-12(15)7-8-14(13)2/h3-6,12-13,15H,7-9H2,1-2H3. The first-order valence-electron chi connectivity index (χ1n) is 5.61. The van der Waals surface area contributed by atoms with E-state index in [1.807, 2.05) is 0 Å². The van der Waals surface area contributed by atoms with E-state index in [0.29, 0.717) is 6.04 Å². The normalized spacial score (nSPS) is 27.9. The third-order valence-electron chi connectivity index (χ3n) is 3.30. The number of rotatable bonds is 1. The van der Waals surface area contributed by atoms with Crippen molar-refractivity contribution in [2.75, 3.05) is 13.6 Å². The minimum Gasteiger partial charge on any atom is -0.393 e. The summed E-state index contributed by atoms with van der Waals surface area (Å²) < 4.78 is 0. The highest BCUT2D eigenvalue weighted by atomic mass is 16.3. The molecular formula is C13H19NO. The highest BCUT2D eigenvalue weighted by molar-refractivity contribution is 5.24. The van der Waals surface area contributed by atoms with Gasteiger partial charge in [0.05, 0.1) is 6.10 Å². The van der Waals surface area contributed by atoms with E-state index >= 15 is 0 Å². The van der Waals surface area contributed by atoms with E-state index in [4.69, 9.17) is 0 Å². The molecule has 1 aromatic carbocycles. The molecule has 0 radical (unpaired) electrons. The van der Waals surface area contributed by atoms with Crippen LogP contribution in [0.2, 0.25) is 0 Å². The zero-order valence-corrected chi connectivity index (χ0v) is 9.48. The lowest BCUT2D eigenvalue weighted by atomic mass is 9.93. The quantitative estimate of drug-likeness (QED) is 0.759. The van der Waals surface area contributed by atoms with Crippen molar-refractivity contribution in [2.24, 2.45) is 0 Å². The van der Waals surface area contributed by atoms with Gasteiger partial charge >= 0.3 is 0 Å². The summed E-state index contributed by atoms with van der Waals surface area (Å²) in [6.07, 6.45) is 1.63. The summed E-state index contributed by atoms with van der Waals surface area (Å²) in [5.41, 5.74) is 2.61. The first-order valence-corrected chi connectivity index (χ1v) is 5.61. The van der Waals surface area contributed by atoms with Crippen molar-refractivity contribution >= 4 is 0 Å². The number of aryl methyl sites for hydroxylation is 1. The number of nitrogens with zero attached hydrogens (tertiary/aromatic N) is 1. The number of likely N-dealkylation sites (tertiary alicyclic amines) is 1. The first kappa shape index (κ1) is 10.7. The Balaban J connectivity index is 2.17. The minimum atomic E-state index is -0.132. The van der Waals surface area contributed by atoms with Crippen molar-refractivity contribution in [3.63, 3.8) is 0 Å². The maximum atomic E-state index is 9.69. The Morgan fingerprint density at radius 2 is 1.93 bits per heavy atom. The molecule has 2 unspecified atom stereocenters. The van der Waals surface area contributed by atoms with Crippen molar-refractivity contribution in [2.45, 2.75) is 31.9 Å². The van der Waals surface area contributed by atoms with Crippen molar-refractivity contribution in [3.8, 4) is 0 Å². The number of aliphatic hydroxyl groups is 1. The van der Waals surface area contributed by atoms with E-state index in [-0.39, 0.29) is 6.10 Å². The van der Waals surface area contributed by atoms with E-state index in [1.54, 1.807) is 0 Å². The molecule has 0 aromatic heterocycles. The fourth-order valence-electron chi connectivity index (χ4n) is 2.24. The van der Waals surface area contributed by atoms with Crippen molar-refractivity contribution in [1.29, 1.82) is 0 Å². The lowest BCUT2D eigenvalue weighted by molar-refractivity contribution is 0.0552. The molecule has 0 spiro atoms. The molecule has 2 rings (SSSR count). The summed E-state index contributed by atoms with van der Waals surface area (Å²) in [7, 11) is 2.14. The van der Waals surface area contributed by atoms with Gasteiger partial charge in [0, 0.05) is 12.6 Å². The fourth-order valence-corrected chi connectivity index (χ4v) is 2.24. The second-order valence-electron chi connectivity index (χ2n) is 4.59. The molecule has 1 N–H and O–H groups in total. The van der Waals surface area contributed by atoms with Gasteiger partial charge in [-0.2, -0.15) is 0 Å². The van der Waals surface area contributed by atoms with E-state index in [1.165, 1.54) is 11.1 Å². The Hall–Kier alpha value is -0.860. The van der Waals surface area contributed by atoms with Crippen LogP contribution in [-0.2, 0) is 0 Å². The van der Waals surface area contributed by atoms with Crippen LogP contribution in [0.1, 0.15) is 30.0 Å². The van der Waals surface area contributed by atoms with E-state index in [0.717, 1.165) is 19.4 Å². The predicted octanol–water partition coefficient (Wildman–Crippen LogP) is 2.12. The van der Waals surface area contributed by atoms with Crippen LogP contribution in [0, 0.1) is 6.92 Å². The largest absolute Gasteiger partial charge is 0.393 e. The molecule has 0 aliphatic carbocycles. The second kappa shape index (κ2) is 4.33. The monoisotopic (exact) mass is 205 g/mol. The highest BCUT2D eigenvalue weighted by Gasteiger charge is 2.25. The highest BCUT2D eigenvalue weighted by Crippen LogP contribution is 2.29. The molecule has 1 aliphatic heterocycles.